The van der Waals surface area contributed by atoms with Crippen molar-refractivity contribution in [1.29, 1.82) is 0 Å². The maximum absolute atomic E-state index is 13.9. The SMILES string of the molecule is CCOC(=O)C1CCCc2sc(-c3ccccc3F)nc21. The largest absolute Gasteiger partial charge is 0.465 e. The molecule has 3 nitrogen and oxygen atoms in total. The molecule has 1 unspecified atom stereocenters. The van der Waals surface area contributed by atoms with Gasteiger partial charge in [-0.25, -0.2) is 9.37 Å². The van der Waals surface area contributed by atoms with E-state index in [0.717, 1.165) is 29.8 Å². The van der Waals surface area contributed by atoms with E-state index in [1.54, 1.807) is 25.1 Å². The Labute approximate surface area is 126 Å². The summed E-state index contributed by atoms with van der Waals surface area (Å²) in [6.45, 7) is 2.17. The molecule has 0 saturated heterocycles. The molecule has 0 radical (unpaired) electrons. The van der Waals surface area contributed by atoms with Crippen molar-refractivity contribution in [2.45, 2.75) is 32.1 Å². The fraction of sp³-hybridized carbons (Fsp3) is 0.375. The van der Waals surface area contributed by atoms with Gasteiger partial charge in [0.05, 0.1) is 12.3 Å². The van der Waals surface area contributed by atoms with Gasteiger partial charge in [-0.1, -0.05) is 12.1 Å². The number of fused-ring (bicyclic) bond motifs is 1. The second kappa shape index (κ2) is 5.93. The molecule has 0 saturated carbocycles. The first kappa shape index (κ1) is 14.2. The molecular formula is C16H16FNO2S. The van der Waals surface area contributed by atoms with E-state index in [-0.39, 0.29) is 17.7 Å². The van der Waals surface area contributed by atoms with E-state index in [9.17, 15) is 9.18 Å². The van der Waals surface area contributed by atoms with Crippen molar-refractivity contribution in [3.05, 3.63) is 40.7 Å². The van der Waals surface area contributed by atoms with Gasteiger partial charge >= 0.3 is 5.97 Å². The molecule has 0 spiro atoms. The van der Waals surface area contributed by atoms with Crippen LogP contribution in [0.1, 0.15) is 36.3 Å². The van der Waals surface area contributed by atoms with Crippen LogP contribution in [0.4, 0.5) is 4.39 Å². The van der Waals surface area contributed by atoms with Crippen LogP contribution in [0.5, 0.6) is 0 Å². The topological polar surface area (TPSA) is 39.2 Å². The van der Waals surface area contributed by atoms with E-state index in [2.05, 4.69) is 4.98 Å². The fourth-order valence-electron chi connectivity index (χ4n) is 2.64. The highest BCUT2D eigenvalue weighted by Gasteiger charge is 2.31. The summed E-state index contributed by atoms with van der Waals surface area (Å²) in [5, 5.41) is 0.647. The minimum Gasteiger partial charge on any atom is -0.465 e. The van der Waals surface area contributed by atoms with Crippen LogP contribution < -0.4 is 0 Å². The van der Waals surface area contributed by atoms with Gasteiger partial charge < -0.3 is 4.74 Å². The zero-order valence-corrected chi connectivity index (χ0v) is 12.6. The van der Waals surface area contributed by atoms with Crippen LogP contribution in [0.2, 0.25) is 0 Å². The first-order valence-corrected chi connectivity index (χ1v) is 7.93. The molecule has 1 aromatic carbocycles. The van der Waals surface area contributed by atoms with E-state index in [1.807, 2.05) is 0 Å². The third-order valence-corrected chi connectivity index (χ3v) is 4.79. The normalized spacial score (nSPS) is 17.3. The second-order valence-corrected chi connectivity index (χ2v) is 6.09. The average Bonchev–Trinajstić information content (AvgIpc) is 2.91. The summed E-state index contributed by atoms with van der Waals surface area (Å²) in [4.78, 5) is 17.7. The van der Waals surface area contributed by atoms with Crippen LogP contribution in [0.25, 0.3) is 10.6 Å². The number of rotatable bonds is 3. The van der Waals surface area contributed by atoms with Crippen LogP contribution >= 0.6 is 11.3 Å². The molecule has 0 N–H and O–H groups in total. The summed E-state index contributed by atoms with van der Waals surface area (Å²) in [6.07, 6.45) is 2.60. The number of carbonyl (C=O) groups excluding carboxylic acids is 1. The molecule has 2 aromatic rings. The van der Waals surface area contributed by atoms with Crippen molar-refractivity contribution in [2.75, 3.05) is 6.61 Å². The Morgan fingerprint density at radius 3 is 3.05 bits per heavy atom. The predicted octanol–water partition coefficient (Wildman–Crippen LogP) is 3.93. The number of halogens is 1. The number of thiazole rings is 1. The zero-order valence-electron chi connectivity index (χ0n) is 11.8. The number of aryl methyl sites for hydroxylation is 1. The van der Waals surface area contributed by atoms with Gasteiger partial charge in [-0.15, -0.1) is 11.3 Å². The van der Waals surface area contributed by atoms with E-state index < -0.39 is 0 Å². The predicted molar refractivity (Wildman–Crippen MR) is 79.8 cm³/mol. The van der Waals surface area contributed by atoms with E-state index in [4.69, 9.17) is 4.74 Å². The minimum atomic E-state index is -0.300. The molecule has 1 aliphatic carbocycles. The summed E-state index contributed by atoms with van der Waals surface area (Å²) >= 11 is 1.48. The average molecular weight is 305 g/mol. The third kappa shape index (κ3) is 2.70. The Morgan fingerprint density at radius 2 is 2.29 bits per heavy atom. The number of esters is 1. The summed E-state index contributed by atoms with van der Waals surface area (Å²) in [6, 6.07) is 6.60. The summed E-state index contributed by atoms with van der Waals surface area (Å²) in [7, 11) is 0. The second-order valence-electron chi connectivity index (χ2n) is 5.00. The molecule has 110 valence electrons. The molecule has 1 heterocycles. The van der Waals surface area contributed by atoms with Gasteiger partial charge in [0.15, 0.2) is 0 Å². The van der Waals surface area contributed by atoms with Gasteiger partial charge in [-0.2, -0.15) is 0 Å². The Balaban J connectivity index is 1.98. The van der Waals surface area contributed by atoms with Crippen LogP contribution in [-0.4, -0.2) is 17.6 Å². The lowest BCUT2D eigenvalue weighted by atomic mass is 9.91. The minimum absolute atomic E-state index is 0.219. The summed E-state index contributed by atoms with van der Waals surface area (Å²) in [5.74, 6) is -0.800. The molecule has 0 aliphatic heterocycles. The Morgan fingerprint density at radius 1 is 1.48 bits per heavy atom. The molecule has 1 aromatic heterocycles. The lowest BCUT2D eigenvalue weighted by molar-refractivity contribution is -0.145. The van der Waals surface area contributed by atoms with Crippen LogP contribution in [0.15, 0.2) is 24.3 Å². The fourth-order valence-corrected chi connectivity index (χ4v) is 3.83. The van der Waals surface area contributed by atoms with Crippen molar-refractivity contribution in [3.63, 3.8) is 0 Å². The lowest BCUT2D eigenvalue weighted by Gasteiger charge is -2.19. The maximum atomic E-state index is 13.9. The Kier molecular flexibility index (Phi) is 4.01. The lowest BCUT2D eigenvalue weighted by Crippen LogP contribution is -2.20. The van der Waals surface area contributed by atoms with E-state index >= 15 is 0 Å². The number of nitrogens with zero attached hydrogens (tertiary/aromatic N) is 1. The molecule has 0 fully saturated rings. The first-order valence-electron chi connectivity index (χ1n) is 7.11. The van der Waals surface area contributed by atoms with Gasteiger partial charge in [-0.05, 0) is 38.3 Å². The Bertz CT molecular complexity index is 668. The van der Waals surface area contributed by atoms with Crippen LogP contribution in [0.3, 0.4) is 0 Å². The standard InChI is InChI=1S/C16H16FNO2S/c1-2-20-16(19)11-7-5-9-13-14(11)18-15(21-13)10-6-3-4-8-12(10)17/h3-4,6,8,11H,2,5,7,9H2,1H3. The number of ether oxygens (including phenoxy) is 1. The number of benzene rings is 1. The maximum Gasteiger partial charge on any atom is 0.315 e. The number of aromatic nitrogens is 1. The molecule has 0 amide bonds. The van der Waals surface area contributed by atoms with Crippen LogP contribution in [-0.2, 0) is 16.0 Å². The van der Waals surface area contributed by atoms with Gasteiger partial charge in [0.25, 0.3) is 0 Å². The molecule has 0 bridgehead atoms. The quantitative estimate of drug-likeness (QED) is 0.807. The van der Waals surface area contributed by atoms with Crippen molar-refractivity contribution < 1.29 is 13.9 Å². The summed E-state index contributed by atoms with van der Waals surface area (Å²) < 4.78 is 19.0. The van der Waals surface area contributed by atoms with Crippen molar-refractivity contribution in [3.8, 4) is 10.6 Å². The monoisotopic (exact) mass is 305 g/mol. The van der Waals surface area contributed by atoms with Crippen molar-refractivity contribution in [2.24, 2.45) is 0 Å². The molecule has 5 heteroatoms. The Hall–Kier alpha value is -1.75. The van der Waals surface area contributed by atoms with Gasteiger partial charge in [0.2, 0.25) is 0 Å². The van der Waals surface area contributed by atoms with Crippen molar-refractivity contribution >= 4 is 17.3 Å². The molecule has 3 rings (SSSR count). The van der Waals surface area contributed by atoms with Crippen molar-refractivity contribution in [1.82, 2.24) is 4.98 Å². The number of hydrogen-bond acceptors (Lipinski definition) is 4. The zero-order chi connectivity index (χ0) is 14.8. The summed E-state index contributed by atoms with van der Waals surface area (Å²) in [5.41, 5.74) is 1.28. The highest BCUT2D eigenvalue weighted by Crippen LogP contribution is 2.39. The van der Waals surface area contributed by atoms with Gasteiger partial charge in [0.1, 0.15) is 16.7 Å². The van der Waals surface area contributed by atoms with E-state index in [0.29, 0.717) is 17.2 Å². The number of hydrogen-bond donors (Lipinski definition) is 0. The van der Waals surface area contributed by atoms with E-state index in [1.165, 1.54) is 17.4 Å². The first-order chi connectivity index (χ1) is 10.2. The molecule has 21 heavy (non-hydrogen) atoms. The third-order valence-electron chi connectivity index (χ3n) is 3.63. The molecule has 1 atom stereocenters. The van der Waals surface area contributed by atoms with Gasteiger partial charge in [0, 0.05) is 10.4 Å². The van der Waals surface area contributed by atoms with Gasteiger partial charge in [-0.3, -0.25) is 4.79 Å². The molecular weight excluding hydrogens is 289 g/mol. The smallest absolute Gasteiger partial charge is 0.315 e. The highest BCUT2D eigenvalue weighted by atomic mass is 32.1. The number of carbonyl (C=O) groups is 1. The molecule has 1 aliphatic rings. The van der Waals surface area contributed by atoms with Crippen LogP contribution in [0, 0.1) is 5.82 Å². The highest BCUT2D eigenvalue weighted by molar-refractivity contribution is 7.15.